The van der Waals surface area contributed by atoms with Gasteiger partial charge in [0.15, 0.2) is 0 Å². The van der Waals surface area contributed by atoms with Gasteiger partial charge in [-0.1, -0.05) is 24.3 Å². The standard InChI is InChI=1S/C19H26IN5O2S/c1-19(2,3)28(27)23-14-9-10-25(11-12-7-5-6-8-13(12)14)18-22-16(21)15(20)17(26)24(18)4/h5-8,14,23H,9-11,21H2,1-4H3. The van der Waals surface area contributed by atoms with E-state index in [0.717, 1.165) is 17.5 Å². The van der Waals surface area contributed by atoms with E-state index >= 15 is 0 Å². The molecule has 0 radical (unpaired) electrons. The van der Waals surface area contributed by atoms with Crippen molar-refractivity contribution in [1.29, 1.82) is 0 Å². The fourth-order valence-corrected chi connectivity index (χ4v) is 4.54. The van der Waals surface area contributed by atoms with Gasteiger partial charge in [0.2, 0.25) is 5.95 Å². The molecule has 1 aromatic carbocycles. The minimum Gasteiger partial charge on any atom is -0.598 e. The highest BCUT2D eigenvalue weighted by molar-refractivity contribution is 14.1. The third-order valence-electron chi connectivity index (χ3n) is 4.81. The van der Waals surface area contributed by atoms with E-state index in [9.17, 15) is 9.35 Å². The van der Waals surface area contributed by atoms with E-state index in [2.05, 4.69) is 26.7 Å². The second kappa shape index (κ2) is 8.21. The van der Waals surface area contributed by atoms with Crippen molar-refractivity contribution < 1.29 is 4.55 Å². The molecule has 0 amide bonds. The van der Waals surface area contributed by atoms with E-state index < -0.39 is 11.4 Å². The van der Waals surface area contributed by atoms with Crippen molar-refractivity contribution in [1.82, 2.24) is 14.3 Å². The first kappa shape index (κ1) is 21.4. The summed E-state index contributed by atoms with van der Waals surface area (Å²) in [6.07, 6.45) is 0.737. The van der Waals surface area contributed by atoms with Crippen LogP contribution in [0.5, 0.6) is 0 Å². The van der Waals surface area contributed by atoms with Crippen molar-refractivity contribution in [3.05, 3.63) is 49.3 Å². The first-order valence-electron chi connectivity index (χ1n) is 9.12. The molecule has 0 saturated heterocycles. The zero-order valence-corrected chi connectivity index (χ0v) is 19.5. The summed E-state index contributed by atoms with van der Waals surface area (Å²) in [6.45, 7) is 7.14. The molecule has 2 heterocycles. The average Bonchev–Trinajstić information content (AvgIpc) is 2.82. The van der Waals surface area contributed by atoms with Crippen LogP contribution in [0.3, 0.4) is 0 Å². The first-order chi connectivity index (χ1) is 13.1. The van der Waals surface area contributed by atoms with E-state index in [4.69, 9.17) is 5.73 Å². The van der Waals surface area contributed by atoms with Crippen LogP contribution in [0.2, 0.25) is 0 Å². The Labute approximate surface area is 182 Å². The van der Waals surface area contributed by atoms with Crippen molar-refractivity contribution in [3.8, 4) is 0 Å². The fourth-order valence-electron chi connectivity index (χ4n) is 3.20. The SMILES string of the molecule is Cn1c(N2CCC(N[S+]([O-])C(C)(C)C)c3ccccc3C2)nc(N)c(I)c1=O. The van der Waals surface area contributed by atoms with E-state index in [-0.39, 0.29) is 22.2 Å². The Kier molecular flexibility index (Phi) is 6.28. The number of benzene rings is 1. The van der Waals surface area contributed by atoms with Crippen molar-refractivity contribution in [2.45, 2.75) is 44.5 Å². The number of rotatable bonds is 3. The number of anilines is 2. The second-order valence-corrected chi connectivity index (χ2v) is 11.0. The molecule has 1 aromatic heterocycles. The van der Waals surface area contributed by atoms with Crippen molar-refractivity contribution in [2.24, 2.45) is 7.05 Å². The highest BCUT2D eigenvalue weighted by Crippen LogP contribution is 2.30. The zero-order chi connectivity index (χ0) is 20.6. The van der Waals surface area contributed by atoms with Gasteiger partial charge < -0.3 is 15.2 Å². The number of nitrogens with zero attached hydrogens (tertiary/aromatic N) is 3. The van der Waals surface area contributed by atoms with E-state index in [0.29, 0.717) is 22.6 Å². The van der Waals surface area contributed by atoms with E-state index in [1.54, 1.807) is 11.6 Å². The van der Waals surface area contributed by atoms with Crippen LogP contribution < -0.4 is 20.9 Å². The van der Waals surface area contributed by atoms with Crippen molar-refractivity contribution >= 4 is 45.7 Å². The molecule has 7 nitrogen and oxygen atoms in total. The molecule has 1 aliphatic heterocycles. The minimum atomic E-state index is -1.18. The number of hydrogen-bond acceptors (Lipinski definition) is 6. The van der Waals surface area contributed by atoms with Crippen LogP contribution in [0, 0.1) is 3.57 Å². The number of halogens is 1. The van der Waals surface area contributed by atoms with Gasteiger partial charge in [0.1, 0.15) is 14.1 Å². The number of hydrogen-bond donors (Lipinski definition) is 2. The number of fused-ring (bicyclic) bond motifs is 1. The lowest BCUT2D eigenvalue weighted by atomic mass is 10.0. The normalized spacial score (nSPS) is 18.5. The topological polar surface area (TPSA) is 99.2 Å². The number of nitrogens with two attached hydrogens (primary N) is 1. The summed E-state index contributed by atoms with van der Waals surface area (Å²) in [5.74, 6) is 0.801. The largest absolute Gasteiger partial charge is 0.598 e. The molecule has 2 unspecified atom stereocenters. The monoisotopic (exact) mass is 515 g/mol. The summed E-state index contributed by atoms with van der Waals surface area (Å²) in [6, 6.07) is 8.09. The molecular weight excluding hydrogens is 489 g/mol. The van der Waals surface area contributed by atoms with Crippen LogP contribution in [0.1, 0.15) is 44.4 Å². The zero-order valence-electron chi connectivity index (χ0n) is 16.5. The third-order valence-corrected chi connectivity index (χ3v) is 7.43. The summed E-state index contributed by atoms with van der Waals surface area (Å²) < 4.78 is 17.6. The third kappa shape index (κ3) is 4.32. The Morgan fingerprint density at radius 2 is 2.04 bits per heavy atom. The van der Waals surface area contributed by atoms with Gasteiger partial charge in [-0.15, -0.1) is 4.72 Å². The maximum Gasteiger partial charge on any atom is 0.270 e. The molecule has 2 aromatic rings. The highest BCUT2D eigenvalue weighted by atomic mass is 127. The molecule has 9 heteroatoms. The van der Waals surface area contributed by atoms with Gasteiger partial charge in [-0.25, -0.2) is 0 Å². The molecule has 0 fully saturated rings. The lowest BCUT2D eigenvalue weighted by Gasteiger charge is -2.28. The maximum atomic E-state index is 12.7. The molecule has 152 valence electrons. The molecule has 3 rings (SSSR count). The second-order valence-electron chi connectivity index (χ2n) is 7.94. The Morgan fingerprint density at radius 3 is 2.71 bits per heavy atom. The van der Waals surface area contributed by atoms with Gasteiger partial charge in [0.05, 0.1) is 6.04 Å². The average molecular weight is 515 g/mol. The Bertz CT molecular complexity index is 928. The molecule has 2 atom stereocenters. The summed E-state index contributed by atoms with van der Waals surface area (Å²) in [5, 5.41) is 0. The predicted octanol–water partition coefficient (Wildman–Crippen LogP) is 2.47. The van der Waals surface area contributed by atoms with E-state index in [1.165, 1.54) is 0 Å². The van der Waals surface area contributed by atoms with Gasteiger partial charge in [-0.05, 0) is 60.9 Å². The van der Waals surface area contributed by atoms with Crippen LogP contribution in [0.15, 0.2) is 29.1 Å². The van der Waals surface area contributed by atoms with Gasteiger partial charge >= 0.3 is 0 Å². The van der Waals surface area contributed by atoms with Crippen LogP contribution in [0.4, 0.5) is 11.8 Å². The van der Waals surface area contributed by atoms with Crippen LogP contribution in [-0.2, 0) is 25.0 Å². The summed E-state index contributed by atoms with van der Waals surface area (Å²) in [7, 11) is 1.72. The number of nitrogen functional groups attached to an aromatic ring is 1. The minimum absolute atomic E-state index is 0.0421. The molecule has 28 heavy (non-hydrogen) atoms. The first-order valence-corrected chi connectivity index (χ1v) is 11.3. The quantitative estimate of drug-likeness (QED) is 0.482. The molecule has 0 spiro atoms. The van der Waals surface area contributed by atoms with E-state index in [1.807, 2.05) is 55.5 Å². The van der Waals surface area contributed by atoms with Crippen LogP contribution in [-0.4, -0.2) is 25.4 Å². The Morgan fingerprint density at radius 1 is 1.36 bits per heavy atom. The van der Waals surface area contributed by atoms with Crippen molar-refractivity contribution in [3.63, 3.8) is 0 Å². The molecule has 3 N–H and O–H groups in total. The summed E-state index contributed by atoms with van der Waals surface area (Å²) in [5.41, 5.74) is 8.06. The lowest BCUT2D eigenvalue weighted by Crippen LogP contribution is -2.41. The Hall–Kier alpha value is -1.30. The van der Waals surface area contributed by atoms with Gasteiger partial charge in [-0.2, -0.15) is 4.98 Å². The van der Waals surface area contributed by atoms with Crippen molar-refractivity contribution in [2.75, 3.05) is 17.2 Å². The van der Waals surface area contributed by atoms with Crippen LogP contribution >= 0.6 is 22.6 Å². The summed E-state index contributed by atoms with van der Waals surface area (Å²) in [4.78, 5) is 19.0. The molecule has 0 aliphatic carbocycles. The smallest absolute Gasteiger partial charge is 0.270 e. The maximum absolute atomic E-state index is 12.7. The fraction of sp³-hybridized carbons (Fsp3) is 0.474. The highest BCUT2D eigenvalue weighted by Gasteiger charge is 2.32. The predicted molar refractivity (Wildman–Crippen MR) is 122 cm³/mol. The molecular formula is C19H26IN5O2S. The summed E-state index contributed by atoms with van der Waals surface area (Å²) >= 11 is 0.750. The number of aromatic nitrogens is 2. The Balaban J connectivity index is 1.97. The molecule has 1 aliphatic rings. The molecule has 0 saturated carbocycles. The van der Waals surface area contributed by atoms with Gasteiger partial charge in [0, 0.05) is 31.5 Å². The van der Waals surface area contributed by atoms with Gasteiger partial charge in [0.25, 0.3) is 5.56 Å². The van der Waals surface area contributed by atoms with Crippen LogP contribution in [0.25, 0.3) is 0 Å². The number of nitrogens with one attached hydrogen (secondary N) is 1. The lowest BCUT2D eigenvalue weighted by molar-refractivity contribution is 0.513. The molecule has 0 bridgehead atoms. The van der Waals surface area contributed by atoms with Gasteiger partial charge in [-0.3, -0.25) is 9.36 Å².